The highest BCUT2D eigenvalue weighted by Gasteiger charge is 2.32. The average molecular weight is 296 g/mol. The minimum absolute atomic E-state index is 0.166. The second kappa shape index (κ2) is 7.99. The molecule has 2 aliphatic rings. The summed E-state index contributed by atoms with van der Waals surface area (Å²) in [7, 11) is 5.72. The van der Waals surface area contributed by atoms with Gasteiger partial charge in [0.05, 0.1) is 0 Å². The van der Waals surface area contributed by atoms with E-state index < -0.39 is 0 Å². The molecule has 0 aromatic heterocycles. The van der Waals surface area contributed by atoms with Gasteiger partial charge in [-0.15, -0.1) is 0 Å². The zero-order valence-corrected chi connectivity index (χ0v) is 14.0. The van der Waals surface area contributed by atoms with Gasteiger partial charge in [-0.05, 0) is 52.2 Å². The lowest BCUT2D eigenvalue weighted by Crippen LogP contribution is -2.53. The number of nitrogens with one attached hydrogen (secondary N) is 1. The van der Waals surface area contributed by atoms with Gasteiger partial charge in [0.1, 0.15) is 0 Å². The summed E-state index contributed by atoms with van der Waals surface area (Å²) in [5.41, 5.74) is 0. The fourth-order valence-electron chi connectivity index (χ4n) is 3.80. The molecule has 0 bridgehead atoms. The molecule has 1 N–H and O–H groups in total. The molecule has 5 heteroatoms. The molecule has 0 saturated carbocycles. The monoisotopic (exact) mass is 296 g/mol. The molecule has 0 aliphatic carbocycles. The summed E-state index contributed by atoms with van der Waals surface area (Å²) in [6.07, 6.45) is 7.59. The third kappa shape index (κ3) is 4.33. The number of rotatable bonds is 4. The summed E-state index contributed by atoms with van der Waals surface area (Å²) in [6.45, 7) is 4.19. The normalized spacial score (nSPS) is 25.1. The van der Waals surface area contributed by atoms with Crippen molar-refractivity contribution >= 4 is 6.03 Å². The number of carbonyl (C=O) groups is 1. The van der Waals surface area contributed by atoms with Crippen molar-refractivity contribution in [1.82, 2.24) is 20.0 Å². The van der Waals surface area contributed by atoms with Gasteiger partial charge in [-0.3, -0.25) is 4.90 Å². The van der Waals surface area contributed by atoms with E-state index in [-0.39, 0.29) is 6.03 Å². The molecule has 2 aliphatic heterocycles. The summed E-state index contributed by atoms with van der Waals surface area (Å²) in [5.74, 6) is 0. The summed E-state index contributed by atoms with van der Waals surface area (Å²) in [6, 6.07) is 1.59. The first-order valence-electron chi connectivity index (χ1n) is 8.50. The van der Waals surface area contributed by atoms with Crippen LogP contribution in [0.4, 0.5) is 4.79 Å². The third-order valence-electron chi connectivity index (χ3n) is 4.99. The lowest BCUT2D eigenvalue weighted by Gasteiger charge is -2.45. The zero-order chi connectivity index (χ0) is 15.2. The van der Waals surface area contributed by atoms with E-state index in [9.17, 15) is 4.79 Å². The topological polar surface area (TPSA) is 38.8 Å². The molecule has 21 heavy (non-hydrogen) atoms. The van der Waals surface area contributed by atoms with Gasteiger partial charge in [0.15, 0.2) is 0 Å². The number of hydrogen-bond donors (Lipinski definition) is 1. The lowest BCUT2D eigenvalue weighted by molar-refractivity contribution is 0.0511. The molecule has 0 spiro atoms. The summed E-state index contributed by atoms with van der Waals surface area (Å²) < 4.78 is 0. The number of nitrogens with zero attached hydrogens (tertiary/aromatic N) is 3. The molecule has 2 amide bonds. The second-order valence-corrected chi connectivity index (χ2v) is 6.67. The van der Waals surface area contributed by atoms with Crippen LogP contribution in [0, 0.1) is 0 Å². The van der Waals surface area contributed by atoms with Crippen molar-refractivity contribution in [2.45, 2.75) is 50.6 Å². The van der Waals surface area contributed by atoms with Gasteiger partial charge in [0.25, 0.3) is 0 Å². The highest BCUT2D eigenvalue weighted by Crippen LogP contribution is 2.27. The Labute approximate surface area is 129 Å². The van der Waals surface area contributed by atoms with E-state index in [2.05, 4.69) is 10.2 Å². The van der Waals surface area contributed by atoms with Gasteiger partial charge in [0.2, 0.25) is 0 Å². The first-order chi connectivity index (χ1) is 10.1. The molecule has 0 aromatic carbocycles. The van der Waals surface area contributed by atoms with Crippen molar-refractivity contribution in [3.05, 3.63) is 0 Å². The second-order valence-electron chi connectivity index (χ2n) is 6.67. The van der Waals surface area contributed by atoms with Crippen LogP contribution in [-0.2, 0) is 0 Å². The Kier molecular flexibility index (Phi) is 6.30. The van der Waals surface area contributed by atoms with Crippen molar-refractivity contribution in [2.75, 3.05) is 47.3 Å². The van der Waals surface area contributed by atoms with E-state index in [1.807, 2.05) is 26.0 Å². The predicted octanol–water partition coefficient (Wildman–Crippen LogP) is 1.60. The Morgan fingerprint density at radius 1 is 1.14 bits per heavy atom. The van der Waals surface area contributed by atoms with Gasteiger partial charge in [-0.2, -0.15) is 0 Å². The van der Waals surface area contributed by atoms with E-state index in [0.29, 0.717) is 6.04 Å². The molecule has 5 nitrogen and oxygen atoms in total. The van der Waals surface area contributed by atoms with Crippen molar-refractivity contribution in [2.24, 2.45) is 0 Å². The maximum Gasteiger partial charge on any atom is 0.319 e. The molecule has 2 rings (SSSR count). The predicted molar refractivity (Wildman–Crippen MR) is 86.6 cm³/mol. The number of amides is 2. The quantitative estimate of drug-likeness (QED) is 0.856. The molecule has 1 atom stereocenters. The Balaban J connectivity index is 1.86. The fourth-order valence-corrected chi connectivity index (χ4v) is 3.80. The van der Waals surface area contributed by atoms with Crippen LogP contribution in [0.1, 0.15) is 38.5 Å². The largest absolute Gasteiger partial charge is 0.331 e. The molecule has 0 aromatic rings. The van der Waals surface area contributed by atoms with Crippen LogP contribution in [-0.4, -0.2) is 80.1 Å². The lowest BCUT2D eigenvalue weighted by atomic mass is 9.93. The number of carbonyl (C=O) groups excluding carboxylic acids is 1. The SMILES string of the molecule is CNCCC1CCCCN1C1CCN(C(=O)N(C)C)CC1. The molecule has 122 valence electrons. The highest BCUT2D eigenvalue weighted by molar-refractivity contribution is 5.73. The van der Waals surface area contributed by atoms with E-state index in [0.717, 1.165) is 38.5 Å². The number of hydrogen-bond acceptors (Lipinski definition) is 3. The molecule has 2 heterocycles. The van der Waals surface area contributed by atoms with Gasteiger partial charge >= 0.3 is 6.03 Å². The number of urea groups is 1. The molecule has 2 fully saturated rings. The molecule has 1 unspecified atom stereocenters. The number of piperidine rings is 2. The smallest absolute Gasteiger partial charge is 0.319 e. The van der Waals surface area contributed by atoms with Crippen molar-refractivity contribution in [3.63, 3.8) is 0 Å². The fraction of sp³-hybridized carbons (Fsp3) is 0.938. The maximum absolute atomic E-state index is 12.0. The standard InChI is InChI=1S/C16H32N4O/c1-17-10-7-14-6-4-5-11-20(14)15-8-12-19(13-9-15)16(21)18(2)3/h14-15,17H,4-13H2,1-3H3. The van der Waals surface area contributed by atoms with Crippen LogP contribution < -0.4 is 5.32 Å². The summed E-state index contributed by atoms with van der Waals surface area (Å²) >= 11 is 0. The van der Waals surface area contributed by atoms with Crippen LogP contribution in [0.2, 0.25) is 0 Å². The van der Waals surface area contributed by atoms with Crippen LogP contribution in [0.15, 0.2) is 0 Å². The molecular weight excluding hydrogens is 264 g/mol. The number of likely N-dealkylation sites (tertiary alicyclic amines) is 2. The first-order valence-corrected chi connectivity index (χ1v) is 8.50. The Morgan fingerprint density at radius 2 is 1.86 bits per heavy atom. The van der Waals surface area contributed by atoms with Gasteiger partial charge in [-0.25, -0.2) is 4.79 Å². The van der Waals surface area contributed by atoms with Gasteiger partial charge in [0, 0.05) is 39.3 Å². The molecule has 2 saturated heterocycles. The summed E-state index contributed by atoms with van der Waals surface area (Å²) in [5, 5.41) is 3.29. The van der Waals surface area contributed by atoms with E-state index in [1.165, 1.54) is 32.2 Å². The van der Waals surface area contributed by atoms with Crippen LogP contribution in [0.25, 0.3) is 0 Å². The highest BCUT2D eigenvalue weighted by atomic mass is 16.2. The average Bonchev–Trinajstić information content (AvgIpc) is 2.52. The zero-order valence-electron chi connectivity index (χ0n) is 14.0. The Bertz CT molecular complexity index is 326. The minimum atomic E-state index is 0.166. The van der Waals surface area contributed by atoms with E-state index >= 15 is 0 Å². The van der Waals surface area contributed by atoms with E-state index in [4.69, 9.17) is 0 Å². The van der Waals surface area contributed by atoms with Crippen molar-refractivity contribution < 1.29 is 4.79 Å². The third-order valence-corrected chi connectivity index (χ3v) is 4.99. The first kappa shape index (κ1) is 16.6. The maximum atomic E-state index is 12.0. The van der Waals surface area contributed by atoms with Crippen LogP contribution >= 0.6 is 0 Å². The minimum Gasteiger partial charge on any atom is -0.331 e. The Hall–Kier alpha value is -0.810. The van der Waals surface area contributed by atoms with Crippen LogP contribution in [0.3, 0.4) is 0 Å². The molecule has 0 radical (unpaired) electrons. The van der Waals surface area contributed by atoms with Crippen molar-refractivity contribution in [3.8, 4) is 0 Å². The Morgan fingerprint density at radius 3 is 2.48 bits per heavy atom. The van der Waals surface area contributed by atoms with Gasteiger partial charge in [-0.1, -0.05) is 6.42 Å². The van der Waals surface area contributed by atoms with Gasteiger partial charge < -0.3 is 15.1 Å². The van der Waals surface area contributed by atoms with Crippen LogP contribution in [0.5, 0.6) is 0 Å². The van der Waals surface area contributed by atoms with Crippen molar-refractivity contribution in [1.29, 1.82) is 0 Å². The molecular formula is C16H32N4O. The van der Waals surface area contributed by atoms with E-state index in [1.54, 1.807) is 4.90 Å². The summed E-state index contributed by atoms with van der Waals surface area (Å²) in [4.78, 5) is 18.5.